The van der Waals surface area contributed by atoms with Crippen LogP contribution in [0.4, 0.5) is 0 Å². The molecule has 1 aromatic rings. The molecule has 1 fully saturated rings. The Morgan fingerprint density at radius 3 is 2.58 bits per heavy atom. The first-order valence-electron chi connectivity index (χ1n) is 7.89. The summed E-state index contributed by atoms with van der Waals surface area (Å²) in [6.07, 6.45) is 1.33. The molecule has 130 valence electrons. The van der Waals surface area contributed by atoms with E-state index in [9.17, 15) is 19.5 Å². The fourth-order valence-corrected chi connectivity index (χ4v) is 2.62. The van der Waals surface area contributed by atoms with Crippen LogP contribution in [0.2, 0.25) is 0 Å². The minimum absolute atomic E-state index is 0.120. The van der Waals surface area contributed by atoms with Gasteiger partial charge in [0.1, 0.15) is 0 Å². The summed E-state index contributed by atoms with van der Waals surface area (Å²) in [5.41, 5.74) is -1.43. The lowest BCUT2D eigenvalue weighted by Crippen LogP contribution is -2.50. The van der Waals surface area contributed by atoms with Gasteiger partial charge in [0.2, 0.25) is 5.91 Å². The molecule has 0 bridgehead atoms. The van der Waals surface area contributed by atoms with Crippen molar-refractivity contribution in [1.82, 2.24) is 10.2 Å². The fourth-order valence-electron chi connectivity index (χ4n) is 2.62. The summed E-state index contributed by atoms with van der Waals surface area (Å²) in [5.74, 6) is -2.27. The number of likely N-dealkylation sites (tertiary alicyclic amines) is 1. The molecule has 0 saturated carbocycles. The van der Waals surface area contributed by atoms with Crippen LogP contribution in [-0.4, -0.2) is 58.1 Å². The monoisotopic (exact) mass is 334 g/mol. The topological polar surface area (TPSA) is 107 Å². The molecular weight excluding hydrogens is 312 g/mol. The first-order chi connectivity index (χ1) is 11.3. The quantitative estimate of drug-likeness (QED) is 0.726. The molecule has 1 heterocycles. The van der Waals surface area contributed by atoms with Gasteiger partial charge in [-0.2, -0.15) is 0 Å². The number of nitrogens with zero attached hydrogens (tertiary/aromatic N) is 1. The number of amides is 2. The first kappa shape index (κ1) is 17.9. The van der Waals surface area contributed by atoms with Crippen molar-refractivity contribution in [2.45, 2.75) is 25.4 Å². The lowest BCUT2D eigenvalue weighted by atomic mass is 9.96. The number of piperidine rings is 1. The van der Waals surface area contributed by atoms with Crippen LogP contribution in [0.25, 0.3) is 0 Å². The van der Waals surface area contributed by atoms with Gasteiger partial charge in [-0.3, -0.25) is 9.59 Å². The van der Waals surface area contributed by atoms with Crippen LogP contribution in [-0.2, 0) is 9.59 Å². The third-order valence-electron chi connectivity index (χ3n) is 4.17. The molecule has 2 amide bonds. The Labute approximate surface area is 140 Å². The van der Waals surface area contributed by atoms with Crippen molar-refractivity contribution in [3.8, 4) is 0 Å². The van der Waals surface area contributed by atoms with Gasteiger partial charge < -0.3 is 20.4 Å². The first-order valence-corrected chi connectivity index (χ1v) is 7.89. The van der Waals surface area contributed by atoms with Gasteiger partial charge in [0.05, 0.1) is 12.5 Å². The molecule has 1 aromatic carbocycles. The Hall–Kier alpha value is -2.41. The van der Waals surface area contributed by atoms with Gasteiger partial charge in [-0.05, 0) is 31.9 Å². The number of rotatable bonds is 5. The maximum atomic E-state index is 12.5. The van der Waals surface area contributed by atoms with Crippen molar-refractivity contribution in [3.05, 3.63) is 35.9 Å². The van der Waals surface area contributed by atoms with Crippen LogP contribution in [0.3, 0.4) is 0 Å². The van der Waals surface area contributed by atoms with Gasteiger partial charge in [0.25, 0.3) is 5.91 Å². The molecule has 1 saturated heterocycles. The summed E-state index contributed by atoms with van der Waals surface area (Å²) in [7, 11) is 0. The number of carbonyl (C=O) groups excluding carboxylic acids is 2. The highest BCUT2D eigenvalue weighted by atomic mass is 16.4. The smallest absolute Gasteiger partial charge is 0.337 e. The fraction of sp³-hybridized carbons (Fsp3) is 0.471. The summed E-state index contributed by atoms with van der Waals surface area (Å²) in [5, 5.41) is 21.0. The van der Waals surface area contributed by atoms with E-state index in [4.69, 9.17) is 5.11 Å². The second kappa shape index (κ2) is 7.44. The third-order valence-corrected chi connectivity index (χ3v) is 4.17. The van der Waals surface area contributed by atoms with E-state index in [1.807, 2.05) is 6.07 Å². The highest BCUT2D eigenvalue weighted by molar-refractivity contribution is 5.94. The van der Waals surface area contributed by atoms with Gasteiger partial charge in [0, 0.05) is 18.7 Å². The van der Waals surface area contributed by atoms with Crippen molar-refractivity contribution < 1.29 is 24.6 Å². The summed E-state index contributed by atoms with van der Waals surface area (Å²) in [6, 6.07) is 8.87. The van der Waals surface area contributed by atoms with Crippen LogP contribution < -0.4 is 5.32 Å². The van der Waals surface area contributed by atoms with Crippen LogP contribution >= 0.6 is 0 Å². The lowest BCUT2D eigenvalue weighted by Gasteiger charge is -2.32. The number of aliphatic hydroxyl groups is 1. The van der Waals surface area contributed by atoms with E-state index in [-0.39, 0.29) is 24.9 Å². The molecule has 0 aliphatic carbocycles. The molecule has 1 aliphatic heterocycles. The van der Waals surface area contributed by atoms with Crippen molar-refractivity contribution in [2.75, 3.05) is 19.6 Å². The summed E-state index contributed by atoms with van der Waals surface area (Å²) < 4.78 is 0. The minimum atomic E-state index is -2.01. The second-order valence-corrected chi connectivity index (χ2v) is 6.25. The number of carboxylic acids is 1. The Balaban J connectivity index is 1.94. The van der Waals surface area contributed by atoms with E-state index in [1.54, 1.807) is 29.2 Å². The Morgan fingerprint density at radius 1 is 1.29 bits per heavy atom. The normalized spacial score (nSPS) is 20.1. The highest BCUT2D eigenvalue weighted by Crippen LogP contribution is 2.19. The molecular formula is C17H22N2O5. The Morgan fingerprint density at radius 2 is 1.96 bits per heavy atom. The van der Waals surface area contributed by atoms with Crippen LogP contribution in [0.1, 0.15) is 30.1 Å². The summed E-state index contributed by atoms with van der Waals surface area (Å²) in [6.45, 7) is 1.63. The molecule has 1 aliphatic rings. The second-order valence-electron chi connectivity index (χ2n) is 6.25. The maximum absolute atomic E-state index is 12.5. The average molecular weight is 334 g/mol. The Bertz CT molecular complexity index is 615. The standard InChI is InChI=1S/C17H22N2O5/c1-17(24,16(22)23)11-18-14(20)13-8-5-9-19(10-13)15(21)12-6-3-2-4-7-12/h2-4,6-7,13,24H,5,8-11H2,1H3,(H,18,20)(H,22,23). The number of carbonyl (C=O) groups is 3. The summed E-state index contributed by atoms with van der Waals surface area (Å²) in [4.78, 5) is 37.2. The largest absolute Gasteiger partial charge is 0.479 e. The Kier molecular flexibility index (Phi) is 5.56. The molecule has 0 spiro atoms. The maximum Gasteiger partial charge on any atom is 0.337 e. The molecule has 0 radical (unpaired) electrons. The van der Waals surface area contributed by atoms with Gasteiger partial charge in [-0.1, -0.05) is 18.2 Å². The average Bonchev–Trinajstić information content (AvgIpc) is 2.59. The van der Waals surface area contributed by atoms with Crippen LogP contribution in [0.5, 0.6) is 0 Å². The molecule has 24 heavy (non-hydrogen) atoms. The SMILES string of the molecule is CC(O)(CNC(=O)C1CCCN(C(=O)c2ccccc2)C1)C(=O)O. The van der Waals surface area contributed by atoms with Gasteiger partial charge in [-0.25, -0.2) is 4.79 Å². The lowest BCUT2D eigenvalue weighted by molar-refractivity contribution is -0.156. The van der Waals surface area contributed by atoms with E-state index < -0.39 is 17.5 Å². The zero-order chi connectivity index (χ0) is 17.7. The van der Waals surface area contributed by atoms with Crippen LogP contribution in [0, 0.1) is 5.92 Å². The third kappa shape index (κ3) is 4.32. The number of nitrogens with one attached hydrogen (secondary N) is 1. The van der Waals surface area contributed by atoms with Crippen molar-refractivity contribution in [2.24, 2.45) is 5.92 Å². The van der Waals surface area contributed by atoms with Crippen LogP contribution in [0.15, 0.2) is 30.3 Å². The van der Waals surface area contributed by atoms with E-state index in [0.717, 1.165) is 6.92 Å². The minimum Gasteiger partial charge on any atom is -0.479 e. The zero-order valence-corrected chi connectivity index (χ0v) is 13.6. The van der Waals surface area contributed by atoms with Crippen molar-refractivity contribution in [1.29, 1.82) is 0 Å². The zero-order valence-electron chi connectivity index (χ0n) is 13.6. The van der Waals surface area contributed by atoms with Gasteiger partial charge in [-0.15, -0.1) is 0 Å². The number of aliphatic carboxylic acids is 1. The number of hydrogen-bond donors (Lipinski definition) is 3. The van der Waals surface area contributed by atoms with Crippen molar-refractivity contribution in [3.63, 3.8) is 0 Å². The van der Waals surface area contributed by atoms with Crippen molar-refractivity contribution >= 4 is 17.8 Å². The molecule has 7 nitrogen and oxygen atoms in total. The van der Waals surface area contributed by atoms with E-state index in [0.29, 0.717) is 24.9 Å². The van der Waals surface area contributed by atoms with E-state index in [2.05, 4.69) is 5.32 Å². The van der Waals surface area contributed by atoms with E-state index in [1.165, 1.54) is 0 Å². The van der Waals surface area contributed by atoms with E-state index >= 15 is 0 Å². The molecule has 2 atom stereocenters. The number of hydrogen-bond acceptors (Lipinski definition) is 4. The summed E-state index contributed by atoms with van der Waals surface area (Å²) >= 11 is 0. The van der Waals surface area contributed by atoms with Gasteiger partial charge in [0.15, 0.2) is 5.60 Å². The highest BCUT2D eigenvalue weighted by Gasteiger charge is 2.33. The number of benzene rings is 1. The molecule has 2 rings (SSSR count). The molecule has 0 aromatic heterocycles. The molecule has 2 unspecified atom stereocenters. The predicted octanol–water partition coefficient (Wildman–Crippen LogP) is 0.491. The molecule has 3 N–H and O–H groups in total. The van der Waals surface area contributed by atoms with Gasteiger partial charge >= 0.3 is 5.97 Å². The molecule has 7 heteroatoms. The number of carboxylic acid groups (broad SMARTS) is 1. The predicted molar refractivity (Wildman–Crippen MR) is 86.3 cm³/mol.